The third-order valence-electron chi connectivity index (χ3n) is 4.52. The third-order valence-corrected chi connectivity index (χ3v) is 4.52. The smallest absolute Gasteiger partial charge is 0.225 e. The number of hydrogen-bond acceptors (Lipinski definition) is 5. The Bertz CT molecular complexity index is 799. The minimum absolute atomic E-state index is 0.825. The van der Waals surface area contributed by atoms with Crippen molar-refractivity contribution in [2.24, 2.45) is 0 Å². The molecule has 1 saturated heterocycles. The summed E-state index contributed by atoms with van der Waals surface area (Å²) in [7, 11) is 0. The van der Waals surface area contributed by atoms with Gasteiger partial charge in [0.05, 0.1) is 5.69 Å². The number of benzene rings is 1. The average Bonchev–Trinajstić information content (AvgIpc) is 2.70. The second-order valence-electron chi connectivity index (χ2n) is 6.21. The lowest BCUT2D eigenvalue weighted by atomic mass is 10.1. The van der Waals surface area contributed by atoms with Crippen LogP contribution >= 0.6 is 0 Å². The van der Waals surface area contributed by atoms with Crippen molar-refractivity contribution in [1.82, 2.24) is 19.9 Å². The predicted octanol–water partition coefficient (Wildman–Crippen LogP) is 2.86. The molecule has 0 atom stereocenters. The molecule has 126 valence electrons. The van der Waals surface area contributed by atoms with Gasteiger partial charge in [-0.05, 0) is 29.3 Å². The molecular formula is C20H21N5. The predicted molar refractivity (Wildman–Crippen MR) is 99.2 cm³/mol. The second-order valence-corrected chi connectivity index (χ2v) is 6.21. The van der Waals surface area contributed by atoms with Crippen LogP contribution in [0, 0.1) is 0 Å². The summed E-state index contributed by atoms with van der Waals surface area (Å²) in [5.74, 6) is 0.825. The Morgan fingerprint density at radius 3 is 2.24 bits per heavy atom. The Kier molecular flexibility index (Phi) is 4.65. The Morgan fingerprint density at radius 1 is 0.720 bits per heavy atom. The van der Waals surface area contributed by atoms with Gasteiger partial charge in [-0.2, -0.15) is 0 Å². The molecule has 2 aromatic heterocycles. The van der Waals surface area contributed by atoms with Crippen molar-refractivity contribution in [2.75, 3.05) is 31.1 Å². The van der Waals surface area contributed by atoms with E-state index in [4.69, 9.17) is 0 Å². The highest BCUT2D eigenvalue weighted by Crippen LogP contribution is 2.20. The zero-order valence-electron chi connectivity index (χ0n) is 14.1. The van der Waals surface area contributed by atoms with Crippen LogP contribution < -0.4 is 4.90 Å². The van der Waals surface area contributed by atoms with Gasteiger partial charge in [-0.1, -0.05) is 30.3 Å². The monoisotopic (exact) mass is 331 g/mol. The van der Waals surface area contributed by atoms with Crippen molar-refractivity contribution in [1.29, 1.82) is 0 Å². The summed E-state index contributed by atoms with van der Waals surface area (Å²) in [5.41, 5.74) is 3.57. The SMILES string of the molecule is c1ccc(-c2ccnc(CN3CCN(c4ncccn4)CC3)c2)cc1. The molecule has 5 nitrogen and oxygen atoms in total. The zero-order chi connectivity index (χ0) is 16.9. The molecule has 0 bridgehead atoms. The number of pyridine rings is 1. The number of rotatable bonds is 4. The van der Waals surface area contributed by atoms with Crippen LogP contribution in [0.25, 0.3) is 11.1 Å². The second kappa shape index (κ2) is 7.40. The summed E-state index contributed by atoms with van der Waals surface area (Å²) in [4.78, 5) is 17.9. The molecule has 0 saturated carbocycles. The first-order valence-corrected chi connectivity index (χ1v) is 8.63. The van der Waals surface area contributed by atoms with Gasteiger partial charge < -0.3 is 4.90 Å². The van der Waals surface area contributed by atoms with Crippen molar-refractivity contribution in [2.45, 2.75) is 6.54 Å². The topological polar surface area (TPSA) is 45.2 Å². The highest BCUT2D eigenvalue weighted by Gasteiger charge is 2.19. The number of aromatic nitrogens is 3. The first-order valence-electron chi connectivity index (χ1n) is 8.63. The van der Waals surface area contributed by atoms with Crippen LogP contribution in [-0.2, 0) is 6.54 Å². The van der Waals surface area contributed by atoms with Gasteiger partial charge in [-0.3, -0.25) is 9.88 Å². The van der Waals surface area contributed by atoms with Gasteiger partial charge in [0.15, 0.2) is 0 Å². The molecule has 0 aliphatic carbocycles. The molecule has 0 spiro atoms. The Balaban J connectivity index is 1.39. The molecule has 1 aliphatic heterocycles. The van der Waals surface area contributed by atoms with Crippen molar-refractivity contribution < 1.29 is 0 Å². The normalized spacial score (nSPS) is 15.3. The first-order chi connectivity index (χ1) is 12.4. The van der Waals surface area contributed by atoms with Crippen LogP contribution in [0.3, 0.4) is 0 Å². The van der Waals surface area contributed by atoms with E-state index in [0.717, 1.165) is 44.4 Å². The molecule has 1 aromatic carbocycles. The lowest BCUT2D eigenvalue weighted by Crippen LogP contribution is -2.46. The summed E-state index contributed by atoms with van der Waals surface area (Å²) in [5, 5.41) is 0. The quantitative estimate of drug-likeness (QED) is 0.735. The van der Waals surface area contributed by atoms with Crippen LogP contribution in [0.4, 0.5) is 5.95 Å². The minimum Gasteiger partial charge on any atom is -0.338 e. The van der Waals surface area contributed by atoms with Gasteiger partial charge in [0.2, 0.25) is 5.95 Å². The highest BCUT2D eigenvalue weighted by molar-refractivity contribution is 5.63. The van der Waals surface area contributed by atoms with E-state index in [1.54, 1.807) is 12.4 Å². The number of hydrogen-bond donors (Lipinski definition) is 0. The number of piperazine rings is 1. The Labute approximate surface area is 148 Å². The third kappa shape index (κ3) is 3.83. The Morgan fingerprint density at radius 2 is 1.48 bits per heavy atom. The number of nitrogens with zero attached hydrogens (tertiary/aromatic N) is 5. The van der Waals surface area contributed by atoms with Crippen LogP contribution in [-0.4, -0.2) is 46.0 Å². The highest BCUT2D eigenvalue weighted by atomic mass is 15.3. The fraction of sp³-hybridized carbons (Fsp3) is 0.250. The van der Waals surface area contributed by atoms with Crippen LogP contribution in [0.15, 0.2) is 67.1 Å². The van der Waals surface area contributed by atoms with E-state index in [1.807, 2.05) is 18.3 Å². The van der Waals surface area contributed by atoms with Crippen molar-refractivity contribution >= 4 is 5.95 Å². The van der Waals surface area contributed by atoms with Crippen molar-refractivity contribution in [3.8, 4) is 11.1 Å². The lowest BCUT2D eigenvalue weighted by molar-refractivity contribution is 0.246. The molecule has 0 radical (unpaired) electrons. The molecule has 5 heteroatoms. The molecule has 3 aromatic rings. The number of anilines is 1. The fourth-order valence-electron chi connectivity index (χ4n) is 3.16. The maximum atomic E-state index is 4.56. The molecule has 25 heavy (non-hydrogen) atoms. The van der Waals surface area contributed by atoms with E-state index in [2.05, 4.69) is 61.1 Å². The zero-order valence-corrected chi connectivity index (χ0v) is 14.1. The van der Waals surface area contributed by atoms with Crippen LogP contribution in [0.1, 0.15) is 5.69 Å². The van der Waals surface area contributed by atoms with E-state index in [-0.39, 0.29) is 0 Å². The van der Waals surface area contributed by atoms with Gasteiger partial charge >= 0.3 is 0 Å². The summed E-state index contributed by atoms with van der Waals surface area (Å²) in [6.45, 7) is 4.76. The molecule has 1 aliphatic rings. The first kappa shape index (κ1) is 15.7. The van der Waals surface area contributed by atoms with E-state index < -0.39 is 0 Å². The molecular weight excluding hydrogens is 310 g/mol. The van der Waals surface area contributed by atoms with Gasteiger partial charge in [-0.25, -0.2) is 9.97 Å². The summed E-state index contributed by atoms with van der Waals surface area (Å²) >= 11 is 0. The molecule has 1 fully saturated rings. The summed E-state index contributed by atoms with van der Waals surface area (Å²) in [6, 6.07) is 16.6. The van der Waals surface area contributed by atoms with Crippen LogP contribution in [0.2, 0.25) is 0 Å². The van der Waals surface area contributed by atoms with Gasteiger partial charge in [0.25, 0.3) is 0 Å². The van der Waals surface area contributed by atoms with E-state index in [9.17, 15) is 0 Å². The molecule has 0 N–H and O–H groups in total. The molecule has 3 heterocycles. The molecule has 4 rings (SSSR count). The van der Waals surface area contributed by atoms with Gasteiger partial charge in [0, 0.05) is 51.3 Å². The molecule has 0 unspecified atom stereocenters. The standard InChI is InChI=1S/C20H21N5/c1-2-5-17(6-3-1)18-7-10-21-19(15-18)16-24-11-13-25(14-12-24)20-22-8-4-9-23-20/h1-10,15H,11-14,16H2. The van der Waals surface area contributed by atoms with Gasteiger partial charge in [0.1, 0.15) is 0 Å². The lowest BCUT2D eigenvalue weighted by Gasteiger charge is -2.34. The molecule has 0 amide bonds. The fourth-order valence-corrected chi connectivity index (χ4v) is 3.16. The van der Waals surface area contributed by atoms with Gasteiger partial charge in [-0.15, -0.1) is 0 Å². The van der Waals surface area contributed by atoms with E-state index in [1.165, 1.54) is 11.1 Å². The summed E-state index contributed by atoms with van der Waals surface area (Å²) < 4.78 is 0. The maximum absolute atomic E-state index is 4.56. The summed E-state index contributed by atoms with van der Waals surface area (Å²) in [6.07, 6.45) is 5.51. The van der Waals surface area contributed by atoms with E-state index in [0.29, 0.717) is 0 Å². The average molecular weight is 331 g/mol. The van der Waals surface area contributed by atoms with Crippen molar-refractivity contribution in [3.05, 3.63) is 72.8 Å². The largest absolute Gasteiger partial charge is 0.338 e. The maximum Gasteiger partial charge on any atom is 0.225 e. The Hall–Kier alpha value is -2.79. The van der Waals surface area contributed by atoms with Crippen LogP contribution in [0.5, 0.6) is 0 Å². The van der Waals surface area contributed by atoms with E-state index >= 15 is 0 Å². The van der Waals surface area contributed by atoms with Crippen molar-refractivity contribution in [3.63, 3.8) is 0 Å². The minimum atomic E-state index is 0.825.